The van der Waals surface area contributed by atoms with Crippen molar-refractivity contribution in [3.05, 3.63) is 95.0 Å². The maximum absolute atomic E-state index is 14.1. The van der Waals surface area contributed by atoms with Crippen molar-refractivity contribution in [3.8, 4) is 0 Å². The topological polar surface area (TPSA) is 86.8 Å². The Hall–Kier alpha value is -3.36. The molecular weight excluding hydrogens is 546 g/mol. The maximum atomic E-state index is 14.1. The number of hydrogen-bond donors (Lipinski definition) is 1. The predicted molar refractivity (Wildman–Crippen MR) is 159 cm³/mol. The molecule has 9 heteroatoms. The van der Waals surface area contributed by atoms with E-state index in [-0.39, 0.29) is 23.4 Å². The van der Waals surface area contributed by atoms with Crippen LogP contribution >= 0.6 is 11.6 Å². The van der Waals surface area contributed by atoms with Crippen molar-refractivity contribution in [1.29, 1.82) is 0 Å². The number of carbonyl (C=O) groups excluding carboxylic acids is 2. The van der Waals surface area contributed by atoms with E-state index in [2.05, 4.69) is 5.32 Å². The first-order valence-corrected chi connectivity index (χ1v) is 15.5. The van der Waals surface area contributed by atoms with Crippen LogP contribution in [0.15, 0.2) is 83.8 Å². The van der Waals surface area contributed by atoms with Gasteiger partial charge in [-0.2, -0.15) is 0 Å². The molecule has 0 unspecified atom stereocenters. The molecule has 1 aliphatic carbocycles. The van der Waals surface area contributed by atoms with Crippen LogP contribution < -0.4 is 9.62 Å². The quantitative estimate of drug-likeness (QED) is 0.314. The molecule has 3 aromatic rings. The minimum Gasteiger partial charge on any atom is -0.352 e. The zero-order valence-corrected chi connectivity index (χ0v) is 24.5. The SMILES string of the molecule is CC[C@H](C(=O)NC1CCCC1)N(Cc1ccc(C)cc1)C(=O)CN(c1ccccc1)S(=O)(=O)c1ccc(Cl)cc1. The van der Waals surface area contributed by atoms with E-state index in [9.17, 15) is 18.0 Å². The van der Waals surface area contributed by atoms with Crippen LogP contribution in [0.2, 0.25) is 5.02 Å². The molecule has 2 amide bonds. The maximum Gasteiger partial charge on any atom is 0.264 e. The van der Waals surface area contributed by atoms with Crippen LogP contribution in [0.4, 0.5) is 5.69 Å². The van der Waals surface area contributed by atoms with Crippen LogP contribution in [0.25, 0.3) is 0 Å². The van der Waals surface area contributed by atoms with Crippen molar-refractivity contribution in [2.45, 2.75) is 69.5 Å². The van der Waals surface area contributed by atoms with E-state index in [0.29, 0.717) is 17.1 Å². The monoisotopic (exact) mass is 581 g/mol. The molecule has 1 N–H and O–H groups in total. The van der Waals surface area contributed by atoms with Crippen molar-refractivity contribution in [2.24, 2.45) is 0 Å². The van der Waals surface area contributed by atoms with Gasteiger partial charge in [0.2, 0.25) is 11.8 Å². The first-order valence-electron chi connectivity index (χ1n) is 13.7. The van der Waals surface area contributed by atoms with Gasteiger partial charge in [0, 0.05) is 17.6 Å². The van der Waals surface area contributed by atoms with Crippen LogP contribution in [0.5, 0.6) is 0 Å². The molecule has 0 aliphatic heterocycles. The van der Waals surface area contributed by atoms with Gasteiger partial charge in [-0.05, 0) is 68.1 Å². The van der Waals surface area contributed by atoms with Crippen molar-refractivity contribution in [1.82, 2.24) is 10.2 Å². The van der Waals surface area contributed by atoms with Gasteiger partial charge in [0.05, 0.1) is 10.6 Å². The molecule has 7 nitrogen and oxygen atoms in total. The molecule has 0 heterocycles. The summed E-state index contributed by atoms with van der Waals surface area (Å²) >= 11 is 6.01. The molecule has 4 rings (SSSR count). The first kappa shape index (κ1) is 29.6. The molecule has 212 valence electrons. The van der Waals surface area contributed by atoms with Crippen molar-refractivity contribution >= 4 is 39.1 Å². The lowest BCUT2D eigenvalue weighted by molar-refractivity contribution is -0.140. The van der Waals surface area contributed by atoms with Gasteiger partial charge in [-0.15, -0.1) is 0 Å². The Labute approximate surface area is 242 Å². The van der Waals surface area contributed by atoms with Gasteiger partial charge < -0.3 is 10.2 Å². The lowest BCUT2D eigenvalue weighted by Crippen LogP contribution is -2.53. The van der Waals surface area contributed by atoms with E-state index >= 15 is 0 Å². The number of anilines is 1. The number of nitrogens with one attached hydrogen (secondary N) is 1. The van der Waals surface area contributed by atoms with E-state index in [0.717, 1.165) is 41.1 Å². The second-order valence-corrected chi connectivity index (χ2v) is 12.5. The van der Waals surface area contributed by atoms with Gasteiger partial charge in [0.15, 0.2) is 0 Å². The predicted octanol–water partition coefficient (Wildman–Crippen LogP) is 5.71. The highest BCUT2D eigenvalue weighted by Crippen LogP contribution is 2.26. The summed E-state index contributed by atoms with van der Waals surface area (Å²) in [5.74, 6) is -0.669. The third-order valence-corrected chi connectivity index (χ3v) is 9.33. The average molecular weight is 582 g/mol. The number of nitrogens with zero attached hydrogens (tertiary/aromatic N) is 2. The second kappa shape index (κ2) is 13.3. The number of aryl methyl sites for hydroxylation is 1. The highest BCUT2D eigenvalue weighted by atomic mass is 35.5. The summed E-state index contributed by atoms with van der Waals surface area (Å²) in [6.07, 6.45) is 4.39. The van der Waals surface area contributed by atoms with Gasteiger partial charge >= 0.3 is 0 Å². The van der Waals surface area contributed by atoms with Crippen LogP contribution in [-0.2, 0) is 26.2 Å². The Balaban J connectivity index is 1.68. The van der Waals surface area contributed by atoms with Gasteiger partial charge in [0.1, 0.15) is 12.6 Å². The summed E-state index contributed by atoms with van der Waals surface area (Å²) in [7, 11) is -4.12. The number of carbonyl (C=O) groups is 2. The zero-order valence-electron chi connectivity index (χ0n) is 22.9. The van der Waals surface area contributed by atoms with Crippen LogP contribution in [0.3, 0.4) is 0 Å². The van der Waals surface area contributed by atoms with Gasteiger partial charge in [0.25, 0.3) is 10.0 Å². The fourth-order valence-electron chi connectivity index (χ4n) is 5.03. The number of amides is 2. The second-order valence-electron chi connectivity index (χ2n) is 10.2. The standard InChI is InChI=1S/C31H36ClN3O4S/c1-3-29(31(37)33-26-9-7-8-10-26)34(21-24-15-13-23(2)14-16-24)30(36)22-35(27-11-5-4-6-12-27)40(38,39)28-19-17-25(32)18-20-28/h4-6,11-20,26,29H,3,7-10,21-22H2,1-2H3,(H,33,37)/t29-/m1/s1. The molecule has 0 saturated heterocycles. The highest BCUT2D eigenvalue weighted by Gasteiger charge is 2.34. The average Bonchev–Trinajstić information content (AvgIpc) is 3.46. The number of hydrogen-bond acceptors (Lipinski definition) is 4. The number of sulfonamides is 1. The molecule has 1 aliphatic rings. The number of rotatable bonds is 11. The zero-order chi connectivity index (χ0) is 28.7. The van der Waals surface area contributed by atoms with Crippen molar-refractivity contribution < 1.29 is 18.0 Å². The smallest absolute Gasteiger partial charge is 0.264 e. The van der Waals surface area contributed by atoms with Gasteiger partial charge in [-0.25, -0.2) is 8.42 Å². The van der Waals surface area contributed by atoms with Gasteiger partial charge in [-0.3, -0.25) is 13.9 Å². The molecule has 1 fully saturated rings. The molecule has 0 bridgehead atoms. The third-order valence-electron chi connectivity index (χ3n) is 7.29. The molecule has 1 atom stereocenters. The van der Waals surface area contributed by atoms with Crippen LogP contribution in [0, 0.1) is 6.92 Å². The summed E-state index contributed by atoms with van der Waals surface area (Å²) in [6, 6.07) is 21.5. The molecule has 0 spiro atoms. The minimum atomic E-state index is -4.12. The molecule has 3 aromatic carbocycles. The summed E-state index contributed by atoms with van der Waals surface area (Å²) in [5, 5.41) is 3.54. The first-order chi connectivity index (χ1) is 19.2. The lowest BCUT2D eigenvalue weighted by atomic mass is 10.1. The van der Waals surface area contributed by atoms with E-state index < -0.39 is 28.5 Å². The highest BCUT2D eigenvalue weighted by molar-refractivity contribution is 7.92. The molecule has 0 radical (unpaired) electrons. The van der Waals surface area contributed by atoms with Crippen LogP contribution in [-0.4, -0.2) is 43.8 Å². The van der Waals surface area contributed by atoms with E-state index in [1.807, 2.05) is 38.1 Å². The summed E-state index contributed by atoms with van der Waals surface area (Å²) in [6.45, 7) is 3.57. The largest absolute Gasteiger partial charge is 0.352 e. The third kappa shape index (κ3) is 7.23. The van der Waals surface area contributed by atoms with E-state index in [1.54, 1.807) is 30.3 Å². The fraction of sp³-hybridized carbons (Fsp3) is 0.355. The number of para-hydroxylation sites is 1. The Morgan fingerprint density at radius 2 is 1.57 bits per heavy atom. The van der Waals surface area contributed by atoms with E-state index in [1.165, 1.54) is 29.2 Å². The normalized spacial score (nSPS) is 14.5. The van der Waals surface area contributed by atoms with E-state index in [4.69, 9.17) is 11.6 Å². The molecule has 40 heavy (non-hydrogen) atoms. The molecule has 1 saturated carbocycles. The van der Waals surface area contributed by atoms with Gasteiger partial charge in [-0.1, -0.05) is 79.4 Å². The Bertz CT molecular complexity index is 1390. The number of halogens is 1. The van der Waals surface area contributed by atoms with Crippen molar-refractivity contribution in [3.63, 3.8) is 0 Å². The Kier molecular flexibility index (Phi) is 9.87. The Morgan fingerprint density at radius 1 is 0.950 bits per heavy atom. The molecular formula is C31H36ClN3O4S. The summed E-state index contributed by atoms with van der Waals surface area (Å²) < 4.78 is 28.8. The Morgan fingerprint density at radius 3 is 2.17 bits per heavy atom. The summed E-state index contributed by atoms with van der Waals surface area (Å²) in [5.41, 5.74) is 2.29. The fourth-order valence-corrected chi connectivity index (χ4v) is 6.57. The minimum absolute atomic E-state index is 0.0182. The summed E-state index contributed by atoms with van der Waals surface area (Å²) in [4.78, 5) is 29.1. The lowest BCUT2D eigenvalue weighted by Gasteiger charge is -2.33. The van der Waals surface area contributed by atoms with Crippen LogP contribution in [0.1, 0.15) is 50.2 Å². The number of benzene rings is 3. The molecule has 0 aromatic heterocycles. The van der Waals surface area contributed by atoms with Crippen molar-refractivity contribution in [2.75, 3.05) is 10.8 Å².